The van der Waals surface area contributed by atoms with Crippen LogP contribution in [0.3, 0.4) is 0 Å². The molecule has 0 aliphatic rings. The summed E-state index contributed by atoms with van der Waals surface area (Å²) in [6.07, 6.45) is 1.39. The van der Waals surface area contributed by atoms with Gasteiger partial charge in [-0.2, -0.15) is 5.10 Å². The lowest BCUT2D eigenvalue weighted by atomic mass is 10.1. The van der Waals surface area contributed by atoms with Gasteiger partial charge in [-0.1, -0.05) is 35.6 Å². The summed E-state index contributed by atoms with van der Waals surface area (Å²) in [6.45, 7) is 0. The van der Waals surface area contributed by atoms with E-state index in [2.05, 4.69) is 30.4 Å². The molecule has 0 atom stereocenters. The number of nitrogens with one attached hydrogen (secondary N) is 1. The van der Waals surface area contributed by atoms with Crippen LogP contribution in [0.15, 0.2) is 30.6 Å². The van der Waals surface area contributed by atoms with Crippen molar-refractivity contribution in [1.82, 2.24) is 30.4 Å². The first-order valence-electron chi connectivity index (χ1n) is 6.37. The maximum absolute atomic E-state index is 5.92. The number of H-pyrrole nitrogens is 1. The minimum absolute atomic E-state index is 0.398. The average molecular weight is 310 g/mol. The van der Waals surface area contributed by atoms with Gasteiger partial charge in [-0.15, -0.1) is 10.2 Å². The molecule has 0 amide bonds. The molecule has 3 aromatic heterocycles. The molecule has 0 radical (unpaired) electrons. The van der Waals surface area contributed by atoms with Gasteiger partial charge in [0.25, 0.3) is 0 Å². The van der Waals surface area contributed by atoms with E-state index in [1.165, 1.54) is 17.7 Å². The molecule has 0 spiro atoms. The van der Waals surface area contributed by atoms with Crippen LogP contribution in [0, 0.1) is 0 Å². The van der Waals surface area contributed by atoms with Gasteiger partial charge in [-0.25, -0.2) is 9.97 Å². The van der Waals surface area contributed by atoms with E-state index in [1.54, 1.807) is 0 Å². The minimum atomic E-state index is 0.398. The minimum Gasteiger partial charge on any atom is -0.383 e. The monoisotopic (exact) mass is 310 g/mol. The van der Waals surface area contributed by atoms with E-state index in [1.807, 2.05) is 24.3 Å². The summed E-state index contributed by atoms with van der Waals surface area (Å²) in [7, 11) is 0. The number of nitrogen functional groups attached to an aromatic ring is 2. The number of hydrogen-bond acceptors (Lipinski definition) is 8. The quantitative estimate of drug-likeness (QED) is 0.513. The highest BCUT2D eigenvalue weighted by atomic mass is 32.1. The predicted octanol–water partition coefficient (Wildman–Crippen LogP) is 1.70. The number of nitrogens with zero attached hydrogens (tertiary/aromatic N) is 5. The summed E-state index contributed by atoms with van der Waals surface area (Å²) in [6, 6.07) is 7.79. The summed E-state index contributed by atoms with van der Waals surface area (Å²) in [4.78, 5) is 8.10. The van der Waals surface area contributed by atoms with Crippen LogP contribution in [0.1, 0.15) is 0 Å². The third kappa shape index (κ3) is 1.95. The van der Waals surface area contributed by atoms with Crippen molar-refractivity contribution in [3.05, 3.63) is 30.6 Å². The highest BCUT2D eigenvalue weighted by Crippen LogP contribution is 2.31. The van der Waals surface area contributed by atoms with Crippen molar-refractivity contribution in [3.8, 4) is 21.8 Å². The molecule has 0 aliphatic carbocycles. The van der Waals surface area contributed by atoms with Gasteiger partial charge < -0.3 is 11.5 Å². The van der Waals surface area contributed by atoms with Gasteiger partial charge in [0.15, 0.2) is 5.65 Å². The Hall–Kier alpha value is -3.07. The van der Waals surface area contributed by atoms with Crippen molar-refractivity contribution in [3.63, 3.8) is 0 Å². The molecule has 3 heterocycles. The number of aromatic nitrogens is 6. The first kappa shape index (κ1) is 12.7. The number of nitrogens with two attached hydrogens (primary N) is 2. The van der Waals surface area contributed by atoms with Gasteiger partial charge in [0, 0.05) is 11.1 Å². The Morgan fingerprint density at radius 2 is 1.73 bits per heavy atom. The Balaban J connectivity index is 1.79. The van der Waals surface area contributed by atoms with Gasteiger partial charge >= 0.3 is 0 Å². The fraction of sp³-hybridized carbons (Fsp3) is 0. The first-order valence-corrected chi connectivity index (χ1v) is 7.18. The molecule has 0 saturated heterocycles. The lowest BCUT2D eigenvalue weighted by Gasteiger charge is -2.01. The van der Waals surface area contributed by atoms with Crippen LogP contribution >= 0.6 is 11.3 Å². The van der Waals surface area contributed by atoms with Gasteiger partial charge in [0.05, 0.1) is 11.1 Å². The van der Waals surface area contributed by atoms with Gasteiger partial charge in [-0.3, -0.25) is 5.10 Å². The molecule has 1 aromatic carbocycles. The maximum atomic E-state index is 5.92. The van der Waals surface area contributed by atoms with Crippen molar-refractivity contribution in [2.75, 3.05) is 11.5 Å². The number of benzene rings is 1. The van der Waals surface area contributed by atoms with Gasteiger partial charge in [0.2, 0.25) is 5.13 Å². The maximum Gasteiger partial charge on any atom is 0.203 e. The number of fused-ring (bicyclic) bond motifs is 1. The number of aromatic amines is 1. The summed E-state index contributed by atoms with van der Waals surface area (Å²) in [5.74, 6) is 0.398. The van der Waals surface area contributed by atoms with Crippen LogP contribution in [0.2, 0.25) is 0 Å². The zero-order valence-electron chi connectivity index (χ0n) is 11.2. The molecule has 22 heavy (non-hydrogen) atoms. The van der Waals surface area contributed by atoms with Crippen molar-refractivity contribution in [2.24, 2.45) is 0 Å². The number of anilines is 2. The highest BCUT2D eigenvalue weighted by molar-refractivity contribution is 7.18. The van der Waals surface area contributed by atoms with Gasteiger partial charge in [0.1, 0.15) is 17.2 Å². The number of rotatable bonds is 2. The van der Waals surface area contributed by atoms with Crippen LogP contribution < -0.4 is 11.5 Å². The fourth-order valence-corrected chi connectivity index (χ4v) is 2.83. The molecule has 0 fully saturated rings. The Bertz CT molecular complexity index is 956. The molecule has 108 valence electrons. The Morgan fingerprint density at radius 1 is 0.955 bits per heavy atom. The van der Waals surface area contributed by atoms with Crippen LogP contribution in [0.4, 0.5) is 10.9 Å². The molecule has 0 bridgehead atoms. The second-order valence-corrected chi connectivity index (χ2v) is 5.59. The molecule has 9 heteroatoms. The molecule has 4 aromatic rings. The summed E-state index contributed by atoms with van der Waals surface area (Å²) < 4.78 is 0. The van der Waals surface area contributed by atoms with Crippen molar-refractivity contribution >= 4 is 33.3 Å². The molecular weight excluding hydrogens is 300 g/mol. The molecule has 5 N–H and O–H groups in total. The molecule has 4 rings (SSSR count). The van der Waals surface area contributed by atoms with E-state index in [0.717, 1.165) is 27.2 Å². The SMILES string of the molecule is Nc1nnc(-c2ccc(-c3[nH]nc4ncnc(N)c34)cc2)s1. The second kappa shape index (κ2) is 4.74. The average Bonchev–Trinajstić information content (AvgIpc) is 3.15. The molecular formula is C13H10N8S. The van der Waals surface area contributed by atoms with E-state index < -0.39 is 0 Å². The van der Waals surface area contributed by atoms with Crippen LogP contribution in [0.5, 0.6) is 0 Å². The van der Waals surface area contributed by atoms with Crippen molar-refractivity contribution < 1.29 is 0 Å². The highest BCUT2D eigenvalue weighted by Gasteiger charge is 2.13. The first-order chi connectivity index (χ1) is 10.7. The third-order valence-corrected chi connectivity index (χ3v) is 4.04. The predicted molar refractivity (Wildman–Crippen MR) is 84.8 cm³/mol. The van der Waals surface area contributed by atoms with E-state index in [9.17, 15) is 0 Å². The van der Waals surface area contributed by atoms with E-state index in [-0.39, 0.29) is 0 Å². The Kier molecular flexibility index (Phi) is 2.73. The van der Waals surface area contributed by atoms with Crippen LogP contribution in [0.25, 0.3) is 32.9 Å². The zero-order valence-corrected chi connectivity index (χ0v) is 12.0. The smallest absolute Gasteiger partial charge is 0.203 e. The standard InChI is InChI=1S/C13H10N8S/c14-10-8-9(18-19-11(8)17-5-16-10)6-1-3-7(4-2-6)12-20-21-13(15)22-12/h1-5H,(H2,15,21)(H3,14,16,17,18,19). The Morgan fingerprint density at radius 3 is 2.45 bits per heavy atom. The number of hydrogen-bond donors (Lipinski definition) is 3. The molecule has 0 aliphatic heterocycles. The molecule has 8 nitrogen and oxygen atoms in total. The van der Waals surface area contributed by atoms with E-state index >= 15 is 0 Å². The lowest BCUT2D eigenvalue weighted by Crippen LogP contribution is -1.92. The summed E-state index contributed by atoms with van der Waals surface area (Å²) in [5, 5.41) is 16.9. The van der Waals surface area contributed by atoms with E-state index in [0.29, 0.717) is 16.6 Å². The topological polar surface area (TPSA) is 132 Å². The van der Waals surface area contributed by atoms with Crippen LogP contribution in [-0.2, 0) is 0 Å². The molecule has 0 unspecified atom stereocenters. The third-order valence-electron chi connectivity index (χ3n) is 3.24. The fourth-order valence-electron chi connectivity index (χ4n) is 2.22. The normalized spacial score (nSPS) is 11.1. The summed E-state index contributed by atoms with van der Waals surface area (Å²) >= 11 is 1.34. The largest absolute Gasteiger partial charge is 0.383 e. The van der Waals surface area contributed by atoms with Crippen molar-refractivity contribution in [2.45, 2.75) is 0 Å². The van der Waals surface area contributed by atoms with Crippen LogP contribution in [-0.4, -0.2) is 30.4 Å². The second-order valence-electron chi connectivity index (χ2n) is 4.58. The van der Waals surface area contributed by atoms with Crippen molar-refractivity contribution in [1.29, 1.82) is 0 Å². The Labute approximate surface area is 128 Å². The van der Waals surface area contributed by atoms with Gasteiger partial charge in [-0.05, 0) is 0 Å². The molecule has 0 saturated carbocycles. The lowest BCUT2D eigenvalue weighted by molar-refractivity contribution is 1.09. The van der Waals surface area contributed by atoms with E-state index in [4.69, 9.17) is 11.5 Å². The summed E-state index contributed by atoms with van der Waals surface area (Å²) in [5.41, 5.74) is 14.7. The zero-order chi connectivity index (χ0) is 15.1.